The van der Waals surface area contributed by atoms with Crippen molar-refractivity contribution in [3.63, 3.8) is 0 Å². The molecule has 3 heteroatoms. The fourth-order valence-corrected chi connectivity index (χ4v) is 1.85. The van der Waals surface area contributed by atoms with Crippen molar-refractivity contribution in [2.45, 2.75) is 27.7 Å². The molecule has 0 bridgehead atoms. The monoisotopic (exact) mass is 260 g/mol. The first-order valence-corrected chi connectivity index (χ1v) is 6.27. The summed E-state index contributed by atoms with van der Waals surface area (Å²) in [6.45, 7) is 7.88. The summed E-state index contributed by atoms with van der Waals surface area (Å²) in [5.74, 6) is -0.0604. The molecule has 1 rings (SSSR count). The number of rotatable bonds is 4. The molecule has 1 aromatic rings. The minimum absolute atomic E-state index is 0.269. The van der Waals surface area contributed by atoms with Gasteiger partial charge in [0.15, 0.2) is 0 Å². The summed E-state index contributed by atoms with van der Waals surface area (Å²) in [6.07, 6.45) is 5.27. The highest BCUT2D eigenvalue weighted by atomic mass is 16.5. The highest BCUT2D eigenvalue weighted by molar-refractivity contribution is 5.83. The van der Waals surface area contributed by atoms with Gasteiger partial charge in [0.2, 0.25) is 0 Å². The van der Waals surface area contributed by atoms with Gasteiger partial charge in [0.25, 0.3) is 0 Å². The molecule has 0 fully saturated rings. The van der Waals surface area contributed by atoms with Gasteiger partial charge in [-0.3, -0.25) is 0 Å². The smallest absolute Gasteiger partial charge is 0.330 e. The second-order valence-electron chi connectivity index (χ2n) is 4.47. The van der Waals surface area contributed by atoms with Crippen LogP contribution in [0.25, 0.3) is 6.08 Å². The number of phenols is 1. The molecular formula is C16H20O3. The van der Waals surface area contributed by atoms with Gasteiger partial charge in [-0.05, 0) is 62.1 Å². The fraction of sp³-hybridized carbons (Fsp3) is 0.312. The largest absolute Gasteiger partial charge is 0.508 e. The Morgan fingerprint density at radius 3 is 2.42 bits per heavy atom. The van der Waals surface area contributed by atoms with E-state index in [1.54, 1.807) is 19.1 Å². The fourth-order valence-electron chi connectivity index (χ4n) is 1.85. The quantitative estimate of drug-likeness (QED) is 0.512. The van der Waals surface area contributed by atoms with Gasteiger partial charge in [-0.25, -0.2) is 4.79 Å². The van der Waals surface area contributed by atoms with Crippen LogP contribution in [0.2, 0.25) is 0 Å². The summed E-state index contributed by atoms with van der Waals surface area (Å²) in [5.41, 5.74) is 3.87. The van der Waals surface area contributed by atoms with Crippen molar-refractivity contribution in [1.29, 1.82) is 0 Å². The van der Waals surface area contributed by atoms with Gasteiger partial charge in [0.05, 0.1) is 6.61 Å². The maximum Gasteiger partial charge on any atom is 0.330 e. The summed E-state index contributed by atoms with van der Waals surface area (Å²) in [7, 11) is 0. The Morgan fingerprint density at radius 1 is 1.32 bits per heavy atom. The summed E-state index contributed by atoms with van der Waals surface area (Å²) < 4.78 is 4.85. The maximum atomic E-state index is 11.3. The van der Waals surface area contributed by atoms with Crippen molar-refractivity contribution >= 4 is 12.0 Å². The number of carbonyl (C=O) groups is 1. The molecule has 0 aliphatic heterocycles. The number of allylic oxidation sites excluding steroid dienone is 2. The molecule has 1 N–H and O–H groups in total. The predicted octanol–water partition coefficient (Wildman–Crippen LogP) is 3.53. The summed E-state index contributed by atoms with van der Waals surface area (Å²) in [5, 5.41) is 9.48. The van der Waals surface area contributed by atoms with Gasteiger partial charge in [0.1, 0.15) is 5.75 Å². The third kappa shape index (κ3) is 4.62. The standard InChI is InChI=1S/C16H20O3/c1-5-19-16(18)8-11(2)6-7-15-12(3)9-14(17)10-13(15)4/h6-10,17H,5H2,1-4H3/b7-6+,11-8-. The van der Waals surface area contributed by atoms with Crippen LogP contribution in [0.5, 0.6) is 5.75 Å². The van der Waals surface area contributed by atoms with Gasteiger partial charge in [0, 0.05) is 6.08 Å². The zero-order valence-corrected chi connectivity index (χ0v) is 11.9. The van der Waals surface area contributed by atoms with Gasteiger partial charge in [-0.1, -0.05) is 12.2 Å². The third-order valence-corrected chi connectivity index (χ3v) is 2.72. The molecule has 0 unspecified atom stereocenters. The predicted molar refractivity (Wildman–Crippen MR) is 77.0 cm³/mol. The number of hydrogen-bond acceptors (Lipinski definition) is 3. The SMILES string of the molecule is CCOC(=O)/C=C(C)\C=C\c1c(C)cc(O)cc1C. The maximum absolute atomic E-state index is 11.3. The van der Waals surface area contributed by atoms with Crippen LogP contribution in [0.3, 0.4) is 0 Å². The average molecular weight is 260 g/mol. The van der Waals surface area contributed by atoms with Crippen LogP contribution >= 0.6 is 0 Å². The molecule has 19 heavy (non-hydrogen) atoms. The van der Waals surface area contributed by atoms with Crippen molar-refractivity contribution in [2.24, 2.45) is 0 Å². The second kappa shape index (κ2) is 6.78. The number of aromatic hydroxyl groups is 1. The number of benzene rings is 1. The van der Waals surface area contributed by atoms with Crippen LogP contribution in [0.15, 0.2) is 29.9 Å². The van der Waals surface area contributed by atoms with E-state index >= 15 is 0 Å². The molecule has 0 saturated heterocycles. The summed E-state index contributed by atoms with van der Waals surface area (Å²) in [4.78, 5) is 11.3. The van der Waals surface area contributed by atoms with Crippen LogP contribution in [-0.2, 0) is 9.53 Å². The zero-order valence-electron chi connectivity index (χ0n) is 11.9. The van der Waals surface area contributed by atoms with E-state index in [9.17, 15) is 9.90 Å². The highest BCUT2D eigenvalue weighted by Gasteiger charge is 2.02. The number of aryl methyl sites for hydroxylation is 2. The molecule has 0 amide bonds. The van der Waals surface area contributed by atoms with Gasteiger partial charge in [-0.2, -0.15) is 0 Å². The van der Waals surface area contributed by atoms with Gasteiger partial charge >= 0.3 is 5.97 Å². The lowest BCUT2D eigenvalue weighted by molar-refractivity contribution is -0.137. The van der Waals surface area contributed by atoms with Crippen molar-refractivity contribution in [2.75, 3.05) is 6.61 Å². The van der Waals surface area contributed by atoms with E-state index in [0.29, 0.717) is 6.61 Å². The molecule has 3 nitrogen and oxygen atoms in total. The lowest BCUT2D eigenvalue weighted by Gasteiger charge is -2.06. The Labute approximate surface area is 114 Å². The minimum atomic E-state index is -0.330. The van der Waals surface area contributed by atoms with E-state index in [1.165, 1.54) is 6.08 Å². The van der Waals surface area contributed by atoms with E-state index in [0.717, 1.165) is 22.3 Å². The van der Waals surface area contributed by atoms with Crippen molar-refractivity contribution in [3.8, 4) is 5.75 Å². The number of ether oxygens (including phenoxy) is 1. The van der Waals surface area contributed by atoms with Gasteiger partial charge < -0.3 is 9.84 Å². The number of hydrogen-bond donors (Lipinski definition) is 1. The average Bonchev–Trinajstić information content (AvgIpc) is 2.27. The second-order valence-corrected chi connectivity index (χ2v) is 4.47. The van der Waals surface area contributed by atoms with Crippen molar-refractivity contribution in [1.82, 2.24) is 0 Å². The molecule has 0 radical (unpaired) electrons. The van der Waals surface area contributed by atoms with Crippen LogP contribution < -0.4 is 0 Å². The van der Waals surface area contributed by atoms with Gasteiger partial charge in [-0.15, -0.1) is 0 Å². The molecule has 0 spiro atoms. The number of phenolic OH excluding ortho intramolecular Hbond substituents is 1. The van der Waals surface area contributed by atoms with Crippen LogP contribution in [0, 0.1) is 13.8 Å². The molecule has 0 aliphatic rings. The first-order chi connectivity index (χ1) is 8.93. The van der Waals surface area contributed by atoms with Crippen molar-refractivity contribution in [3.05, 3.63) is 46.5 Å². The van der Waals surface area contributed by atoms with Crippen LogP contribution in [0.4, 0.5) is 0 Å². The Balaban J connectivity index is 2.91. The Hall–Kier alpha value is -2.03. The molecule has 0 heterocycles. The van der Waals surface area contributed by atoms with E-state index in [2.05, 4.69) is 0 Å². The lowest BCUT2D eigenvalue weighted by Crippen LogP contribution is -1.99. The van der Waals surface area contributed by atoms with Crippen LogP contribution in [-0.4, -0.2) is 17.7 Å². The first-order valence-electron chi connectivity index (χ1n) is 6.27. The minimum Gasteiger partial charge on any atom is -0.508 e. The third-order valence-electron chi connectivity index (χ3n) is 2.72. The first kappa shape index (κ1) is 15.0. The van der Waals surface area contributed by atoms with E-state index < -0.39 is 0 Å². The van der Waals surface area contributed by atoms with E-state index in [-0.39, 0.29) is 11.7 Å². The molecule has 0 atom stereocenters. The molecule has 0 saturated carbocycles. The van der Waals surface area contributed by atoms with Crippen LogP contribution in [0.1, 0.15) is 30.5 Å². The molecular weight excluding hydrogens is 240 g/mol. The molecule has 0 aliphatic carbocycles. The molecule has 0 aromatic heterocycles. The lowest BCUT2D eigenvalue weighted by atomic mass is 10.0. The number of carbonyl (C=O) groups excluding carboxylic acids is 1. The van der Waals surface area contributed by atoms with E-state index in [1.807, 2.05) is 32.9 Å². The normalized spacial score (nSPS) is 11.9. The van der Waals surface area contributed by atoms with E-state index in [4.69, 9.17) is 4.74 Å². The summed E-state index contributed by atoms with van der Waals surface area (Å²) in [6, 6.07) is 3.44. The topological polar surface area (TPSA) is 46.5 Å². The Bertz CT molecular complexity index is 502. The zero-order chi connectivity index (χ0) is 14.4. The molecule has 1 aromatic carbocycles. The number of esters is 1. The Kier molecular flexibility index (Phi) is 5.37. The summed E-state index contributed by atoms with van der Waals surface area (Å²) >= 11 is 0. The highest BCUT2D eigenvalue weighted by Crippen LogP contribution is 2.22. The van der Waals surface area contributed by atoms with Crippen molar-refractivity contribution < 1.29 is 14.6 Å². The Morgan fingerprint density at radius 2 is 1.89 bits per heavy atom. The molecule has 102 valence electrons.